The Kier molecular flexibility index (Phi) is 5.40. The molecule has 0 radical (unpaired) electrons. The Morgan fingerprint density at radius 1 is 1.58 bits per heavy atom. The van der Waals surface area contributed by atoms with Crippen molar-refractivity contribution in [3.05, 3.63) is 29.0 Å². The SMILES string of the molecule is CCOc1ccc(Cl)[c-]c1F.[Li+]. The topological polar surface area (TPSA) is 9.23 Å². The number of hydrogen-bond acceptors (Lipinski definition) is 1. The summed E-state index contributed by atoms with van der Waals surface area (Å²) in [5.41, 5.74) is 0. The van der Waals surface area contributed by atoms with Crippen LogP contribution in [0.2, 0.25) is 5.02 Å². The maximum absolute atomic E-state index is 12.8. The van der Waals surface area contributed by atoms with E-state index in [-0.39, 0.29) is 29.6 Å². The minimum Gasteiger partial charge on any atom is -0.548 e. The Balaban J connectivity index is 0.00000121. The summed E-state index contributed by atoms with van der Waals surface area (Å²) in [5.74, 6) is -0.351. The number of halogens is 2. The molecule has 1 aromatic carbocycles. The van der Waals surface area contributed by atoms with Crippen LogP contribution in [0.4, 0.5) is 4.39 Å². The zero-order chi connectivity index (χ0) is 8.27. The van der Waals surface area contributed by atoms with Gasteiger partial charge in [-0.25, -0.2) is 4.39 Å². The van der Waals surface area contributed by atoms with Crippen LogP contribution in [0.1, 0.15) is 6.92 Å². The molecule has 0 amide bonds. The second kappa shape index (κ2) is 5.48. The van der Waals surface area contributed by atoms with E-state index in [4.69, 9.17) is 16.3 Å². The molecule has 0 saturated carbocycles. The van der Waals surface area contributed by atoms with Crippen molar-refractivity contribution in [1.29, 1.82) is 0 Å². The molecule has 0 spiro atoms. The maximum atomic E-state index is 12.8. The molecule has 0 N–H and O–H groups in total. The molecule has 0 saturated heterocycles. The fourth-order valence-corrected chi connectivity index (χ4v) is 0.843. The van der Waals surface area contributed by atoms with Gasteiger partial charge in [-0.1, -0.05) is 5.02 Å². The first-order chi connectivity index (χ1) is 5.24. The van der Waals surface area contributed by atoms with Crippen molar-refractivity contribution in [1.82, 2.24) is 0 Å². The molecule has 1 aromatic rings. The third-order valence-electron chi connectivity index (χ3n) is 1.13. The summed E-state index contributed by atoms with van der Waals surface area (Å²) in [6.45, 7) is 2.22. The normalized spacial score (nSPS) is 8.92. The zero-order valence-corrected chi connectivity index (χ0v) is 7.78. The van der Waals surface area contributed by atoms with E-state index in [0.717, 1.165) is 0 Å². The summed E-state index contributed by atoms with van der Waals surface area (Å²) < 4.78 is 17.7. The van der Waals surface area contributed by atoms with Gasteiger partial charge in [-0.2, -0.15) is 0 Å². The number of benzene rings is 1. The van der Waals surface area contributed by atoms with Crippen molar-refractivity contribution in [2.24, 2.45) is 0 Å². The second-order valence-corrected chi connectivity index (χ2v) is 2.32. The van der Waals surface area contributed by atoms with Gasteiger partial charge in [0, 0.05) is 5.75 Å². The van der Waals surface area contributed by atoms with Crippen LogP contribution < -0.4 is 23.6 Å². The Morgan fingerprint density at radius 3 is 2.75 bits per heavy atom. The molecule has 1 nitrogen and oxygen atoms in total. The molecule has 0 aromatic heterocycles. The predicted octanol–water partition coefficient (Wildman–Crippen LogP) is -0.318. The van der Waals surface area contributed by atoms with Crippen LogP contribution in [-0.4, -0.2) is 6.61 Å². The van der Waals surface area contributed by atoms with E-state index in [9.17, 15) is 4.39 Å². The van der Waals surface area contributed by atoms with Gasteiger partial charge >= 0.3 is 18.9 Å². The average molecular weight is 181 g/mol. The smallest absolute Gasteiger partial charge is 0.548 e. The first kappa shape index (κ1) is 11.8. The van der Waals surface area contributed by atoms with Crippen molar-refractivity contribution < 1.29 is 28.0 Å². The van der Waals surface area contributed by atoms with Gasteiger partial charge in [0.2, 0.25) is 0 Å². The van der Waals surface area contributed by atoms with Crippen LogP contribution in [0.5, 0.6) is 5.75 Å². The molecule has 12 heavy (non-hydrogen) atoms. The molecular weight excluding hydrogens is 173 g/mol. The fourth-order valence-electron chi connectivity index (χ4n) is 0.697. The van der Waals surface area contributed by atoms with Gasteiger partial charge in [-0.15, -0.1) is 29.8 Å². The molecule has 0 atom stereocenters. The van der Waals surface area contributed by atoms with E-state index in [0.29, 0.717) is 6.61 Å². The molecule has 0 fully saturated rings. The van der Waals surface area contributed by atoms with Gasteiger partial charge in [-0.05, 0) is 6.92 Å². The number of hydrogen-bond donors (Lipinski definition) is 0. The molecule has 0 heterocycles. The van der Waals surface area contributed by atoms with Crippen molar-refractivity contribution in [3.63, 3.8) is 0 Å². The first-order valence-corrected chi connectivity index (χ1v) is 3.62. The summed E-state index contributed by atoms with van der Waals surface area (Å²) in [6, 6.07) is 5.32. The monoisotopic (exact) mass is 180 g/mol. The molecule has 0 aliphatic carbocycles. The molecule has 4 heteroatoms. The van der Waals surface area contributed by atoms with E-state index in [2.05, 4.69) is 6.07 Å². The van der Waals surface area contributed by atoms with Crippen molar-refractivity contribution >= 4 is 11.6 Å². The van der Waals surface area contributed by atoms with Crippen molar-refractivity contribution in [3.8, 4) is 5.75 Å². The minimum absolute atomic E-state index is 0. The quantitative estimate of drug-likeness (QED) is 0.448. The van der Waals surface area contributed by atoms with E-state index < -0.39 is 5.82 Å². The fraction of sp³-hybridized carbons (Fsp3) is 0.250. The predicted molar refractivity (Wildman–Crippen MR) is 41.4 cm³/mol. The molecule has 1 rings (SSSR count). The number of ether oxygens (including phenoxy) is 1. The van der Waals surface area contributed by atoms with Gasteiger partial charge in [0.05, 0.1) is 12.4 Å². The van der Waals surface area contributed by atoms with E-state index >= 15 is 0 Å². The maximum Gasteiger partial charge on any atom is 1.00 e. The summed E-state index contributed by atoms with van der Waals surface area (Å²) in [4.78, 5) is 0. The van der Waals surface area contributed by atoms with Gasteiger partial charge in [0.1, 0.15) is 0 Å². The molecular formula is C8H7ClFLiO. The third kappa shape index (κ3) is 3.06. The van der Waals surface area contributed by atoms with Crippen LogP contribution >= 0.6 is 11.6 Å². The second-order valence-electron chi connectivity index (χ2n) is 1.92. The van der Waals surface area contributed by atoms with Crippen LogP contribution in [0.25, 0.3) is 0 Å². The third-order valence-corrected chi connectivity index (χ3v) is 1.35. The summed E-state index contributed by atoms with van der Waals surface area (Å²) in [6.07, 6.45) is 0. The molecule has 0 aliphatic rings. The molecule has 60 valence electrons. The van der Waals surface area contributed by atoms with Crippen LogP contribution in [0, 0.1) is 11.9 Å². The van der Waals surface area contributed by atoms with Crippen LogP contribution in [0.3, 0.4) is 0 Å². The minimum atomic E-state index is -0.542. The molecule has 0 bridgehead atoms. The summed E-state index contributed by atoms with van der Waals surface area (Å²) in [5, 5.41) is 0.256. The van der Waals surface area contributed by atoms with Gasteiger partial charge in [0.25, 0.3) is 0 Å². The summed E-state index contributed by atoms with van der Waals surface area (Å²) >= 11 is 5.47. The Hall–Kier alpha value is -0.163. The van der Waals surface area contributed by atoms with Gasteiger partial charge in [0.15, 0.2) is 0 Å². The van der Waals surface area contributed by atoms with E-state index in [1.54, 1.807) is 6.92 Å². The van der Waals surface area contributed by atoms with Crippen LogP contribution in [-0.2, 0) is 0 Å². The van der Waals surface area contributed by atoms with Crippen LogP contribution in [0.15, 0.2) is 12.1 Å². The van der Waals surface area contributed by atoms with Gasteiger partial charge < -0.3 is 4.74 Å². The Morgan fingerprint density at radius 2 is 2.25 bits per heavy atom. The molecule has 0 aliphatic heterocycles. The number of rotatable bonds is 2. The Bertz CT molecular complexity index is 255. The van der Waals surface area contributed by atoms with Gasteiger partial charge in [-0.3, -0.25) is 0 Å². The Labute approximate surface area is 88.0 Å². The summed E-state index contributed by atoms with van der Waals surface area (Å²) in [7, 11) is 0. The van der Waals surface area contributed by atoms with E-state index in [1.165, 1.54) is 12.1 Å². The molecule has 0 unspecified atom stereocenters. The average Bonchev–Trinajstić information content (AvgIpc) is 1.95. The zero-order valence-electron chi connectivity index (χ0n) is 7.03. The first-order valence-electron chi connectivity index (χ1n) is 3.24. The largest absolute Gasteiger partial charge is 1.00 e. The van der Waals surface area contributed by atoms with E-state index in [1.807, 2.05) is 0 Å². The van der Waals surface area contributed by atoms with Crippen molar-refractivity contribution in [2.45, 2.75) is 6.92 Å². The standard InChI is InChI=1S/C8H7ClFO.Li/c1-2-11-8-4-3-6(9)5-7(8)10;/h3-4H,2H2,1H3;/q-1;+1. The van der Waals surface area contributed by atoms with Crippen molar-refractivity contribution in [2.75, 3.05) is 6.61 Å².